The number of hydrogen-bond acceptors (Lipinski definition) is 3. The van der Waals surface area contributed by atoms with Gasteiger partial charge in [0.15, 0.2) is 5.96 Å². The van der Waals surface area contributed by atoms with Crippen LogP contribution < -0.4 is 10.6 Å². The summed E-state index contributed by atoms with van der Waals surface area (Å²) in [4.78, 5) is 4.94. The average Bonchev–Trinajstić information content (AvgIpc) is 3.06. The molecule has 6 heteroatoms. The Morgan fingerprint density at radius 3 is 2.34 bits per heavy atom. The van der Waals surface area contributed by atoms with Crippen LogP contribution in [0.15, 0.2) is 65.7 Å². The van der Waals surface area contributed by atoms with Gasteiger partial charge in [0.2, 0.25) is 0 Å². The third kappa shape index (κ3) is 5.75. The highest BCUT2D eigenvalue weighted by Crippen LogP contribution is 2.24. The van der Waals surface area contributed by atoms with E-state index in [0.717, 1.165) is 50.1 Å². The van der Waals surface area contributed by atoms with Gasteiger partial charge in [-0.05, 0) is 30.9 Å². The minimum Gasteiger partial charge on any atom is -0.357 e. The van der Waals surface area contributed by atoms with Crippen molar-refractivity contribution in [1.82, 2.24) is 25.4 Å². The zero-order valence-electron chi connectivity index (χ0n) is 19.0. The first-order chi connectivity index (χ1) is 15.8. The number of aromatic nitrogens is 3. The highest BCUT2D eigenvalue weighted by Gasteiger charge is 2.15. The summed E-state index contributed by atoms with van der Waals surface area (Å²) in [5.41, 5.74) is 2.56. The van der Waals surface area contributed by atoms with Crippen LogP contribution >= 0.6 is 0 Å². The topological polar surface area (TPSA) is 67.1 Å². The Balaban J connectivity index is 1.42. The number of hydrogen-bond donors (Lipinski definition) is 2. The Morgan fingerprint density at radius 2 is 1.66 bits per heavy atom. The van der Waals surface area contributed by atoms with E-state index in [4.69, 9.17) is 4.99 Å². The number of nitrogens with one attached hydrogen (secondary N) is 2. The molecule has 0 saturated heterocycles. The Labute approximate surface area is 191 Å². The summed E-state index contributed by atoms with van der Waals surface area (Å²) in [6.07, 6.45) is 5.61. The van der Waals surface area contributed by atoms with E-state index < -0.39 is 0 Å². The zero-order valence-corrected chi connectivity index (χ0v) is 19.0. The summed E-state index contributed by atoms with van der Waals surface area (Å²) >= 11 is 0. The number of guanidine groups is 1. The van der Waals surface area contributed by atoms with E-state index >= 15 is 0 Å². The molecule has 4 rings (SSSR count). The summed E-state index contributed by atoms with van der Waals surface area (Å²) in [5.74, 6) is 3.29. The summed E-state index contributed by atoms with van der Waals surface area (Å²) in [5, 5.41) is 15.8. The van der Waals surface area contributed by atoms with Crippen LogP contribution in [0.25, 0.3) is 0 Å². The Kier molecular flexibility index (Phi) is 7.90. The van der Waals surface area contributed by atoms with Crippen LogP contribution in [0.1, 0.15) is 54.9 Å². The molecule has 168 valence electrons. The van der Waals surface area contributed by atoms with E-state index in [-0.39, 0.29) is 5.92 Å². The van der Waals surface area contributed by atoms with Gasteiger partial charge in [-0.15, -0.1) is 10.2 Å². The predicted molar refractivity (Wildman–Crippen MR) is 130 cm³/mol. The minimum absolute atomic E-state index is 0.222. The molecule has 1 aliphatic heterocycles. The van der Waals surface area contributed by atoms with Crippen molar-refractivity contribution in [2.45, 2.75) is 51.5 Å². The zero-order chi connectivity index (χ0) is 22.0. The summed E-state index contributed by atoms with van der Waals surface area (Å²) < 4.78 is 2.32. The van der Waals surface area contributed by atoms with Crippen molar-refractivity contribution >= 4 is 5.96 Å². The lowest BCUT2D eigenvalue weighted by Crippen LogP contribution is -2.39. The SMILES string of the molecule is CCNC(=NCC(c1ccccc1)c1ccccc1)NCCc1nnc2n1CCCCC2. The first-order valence-electron chi connectivity index (χ1n) is 11.9. The Bertz CT molecular complexity index is 941. The van der Waals surface area contributed by atoms with E-state index in [2.05, 4.69) is 93.0 Å². The van der Waals surface area contributed by atoms with Crippen LogP contribution in [-0.4, -0.2) is 40.4 Å². The van der Waals surface area contributed by atoms with Crippen molar-refractivity contribution in [3.05, 3.63) is 83.4 Å². The fourth-order valence-corrected chi connectivity index (χ4v) is 4.32. The molecule has 0 saturated carbocycles. The normalized spacial score (nSPS) is 14.1. The monoisotopic (exact) mass is 430 g/mol. The molecule has 0 spiro atoms. The van der Waals surface area contributed by atoms with Crippen LogP contribution in [0.2, 0.25) is 0 Å². The summed E-state index contributed by atoms with van der Waals surface area (Å²) in [6, 6.07) is 21.3. The second-order valence-corrected chi connectivity index (χ2v) is 8.27. The van der Waals surface area contributed by atoms with Gasteiger partial charge in [-0.25, -0.2) is 0 Å². The molecular weight excluding hydrogens is 396 g/mol. The Morgan fingerprint density at radius 1 is 0.938 bits per heavy atom. The number of benzene rings is 2. The molecule has 2 aromatic carbocycles. The lowest BCUT2D eigenvalue weighted by atomic mass is 9.91. The molecule has 1 aliphatic rings. The van der Waals surface area contributed by atoms with Crippen molar-refractivity contribution < 1.29 is 0 Å². The maximum atomic E-state index is 4.94. The molecule has 0 amide bonds. The molecular formula is C26H34N6. The van der Waals surface area contributed by atoms with Gasteiger partial charge in [-0.1, -0.05) is 67.1 Å². The van der Waals surface area contributed by atoms with Crippen LogP contribution in [0.4, 0.5) is 0 Å². The third-order valence-corrected chi connectivity index (χ3v) is 6.01. The molecule has 0 aliphatic carbocycles. The van der Waals surface area contributed by atoms with Crippen LogP contribution in [-0.2, 0) is 19.4 Å². The lowest BCUT2D eigenvalue weighted by Gasteiger charge is -2.18. The summed E-state index contributed by atoms with van der Waals surface area (Å²) in [7, 11) is 0. The first kappa shape index (κ1) is 22.1. The maximum absolute atomic E-state index is 4.94. The van der Waals surface area contributed by atoms with E-state index in [1.165, 1.54) is 30.4 Å². The van der Waals surface area contributed by atoms with E-state index in [9.17, 15) is 0 Å². The van der Waals surface area contributed by atoms with Gasteiger partial charge in [-0.2, -0.15) is 0 Å². The molecule has 0 fully saturated rings. The van der Waals surface area contributed by atoms with Gasteiger partial charge in [0.25, 0.3) is 0 Å². The van der Waals surface area contributed by atoms with Gasteiger partial charge in [0, 0.05) is 38.4 Å². The van der Waals surface area contributed by atoms with Crippen molar-refractivity contribution in [1.29, 1.82) is 0 Å². The molecule has 6 nitrogen and oxygen atoms in total. The van der Waals surface area contributed by atoms with Crippen LogP contribution in [0.5, 0.6) is 0 Å². The van der Waals surface area contributed by atoms with Crippen LogP contribution in [0, 0.1) is 0 Å². The number of nitrogens with zero attached hydrogens (tertiary/aromatic N) is 4. The fraction of sp³-hybridized carbons (Fsp3) is 0.423. The molecule has 0 unspecified atom stereocenters. The molecule has 0 radical (unpaired) electrons. The van der Waals surface area contributed by atoms with Crippen molar-refractivity contribution in [2.75, 3.05) is 19.6 Å². The molecule has 2 N–H and O–H groups in total. The molecule has 3 aromatic rings. The standard InChI is InChI=1S/C26H34N6/c1-2-27-26(28-18-17-25-31-30-24-16-10-5-11-19-32(24)25)29-20-23(21-12-6-3-7-13-21)22-14-8-4-9-15-22/h3-4,6-9,12-15,23H,2,5,10-11,16-20H2,1H3,(H2,27,28,29). The fourth-order valence-electron chi connectivity index (χ4n) is 4.32. The molecule has 0 atom stereocenters. The lowest BCUT2D eigenvalue weighted by molar-refractivity contribution is 0.600. The molecule has 2 heterocycles. The predicted octanol–water partition coefficient (Wildman–Crippen LogP) is 3.93. The van der Waals surface area contributed by atoms with E-state index in [1.54, 1.807) is 0 Å². The van der Waals surface area contributed by atoms with E-state index in [1.807, 2.05) is 0 Å². The van der Waals surface area contributed by atoms with Crippen molar-refractivity contribution in [2.24, 2.45) is 4.99 Å². The second-order valence-electron chi connectivity index (χ2n) is 8.27. The number of aryl methyl sites for hydroxylation is 1. The van der Waals surface area contributed by atoms with Gasteiger partial charge >= 0.3 is 0 Å². The number of rotatable bonds is 8. The highest BCUT2D eigenvalue weighted by molar-refractivity contribution is 5.79. The highest BCUT2D eigenvalue weighted by atomic mass is 15.3. The largest absolute Gasteiger partial charge is 0.357 e. The van der Waals surface area contributed by atoms with Gasteiger partial charge in [-0.3, -0.25) is 4.99 Å². The van der Waals surface area contributed by atoms with Gasteiger partial charge < -0.3 is 15.2 Å². The number of aliphatic imine (C=N–C) groups is 1. The van der Waals surface area contributed by atoms with Crippen molar-refractivity contribution in [3.8, 4) is 0 Å². The quantitative estimate of drug-likeness (QED) is 0.420. The first-order valence-corrected chi connectivity index (χ1v) is 11.9. The third-order valence-electron chi connectivity index (χ3n) is 6.01. The second kappa shape index (κ2) is 11.5. The molecule has 32 heavy (non-hydrogen) atoms. The average molecular weight is 431 g/mol. The maximum Gasteiger partial charge on any atom is 0.191 e. The summed E-state index contributed by atoms with van der Waals surface area (Å²) in [6.45, 7) is 5.44. The smallest absolute Gasteiger partial charge is 0.191 e. The van der Waals surface area contributed by atoms with Crippen LogP contribution in [0.3, 0.4) is 0 Å². The van der Waals surface area contributed by atoms with Gasteiger partial charge in [0.1, 0.15) is 11.6 Å². The Hall–Kier alpha value is -3.15. The number of fused-ring (bicyclic) bond motifs is 1. The van der Waals surface area contributed by atoms with E-state index in [0.29, 0.717) is 6.54 Å². The molecule has 1 aromatic heterocycles. The van der Waals surface area contributed by atoms with Gasteiger partial charge in [0.05, 0.1) is 6.54 Å². The van der Waals surface area contributed by atoms with Crippen molar-refractivity contribution in [3.63, 3.8) is 0 Å². The molecule has 0 bridgehead atoms. The minimum atomic E-state index is 0.222.